The van der Waals surface area contributed by atoms with Crippen molar-refractivity contribution in [3.8, 4) is 0 Å². The molecule has 0 aliphatic rings. The fraction of sp³-hybridized carbons (Fsp3) is 0.226. The van der Waals surface area contributed by atoms with Crippen molar-refractivity contribution in [3.63, 3.8) is 0 Å². The van der Waals surface area contributed by atoms with Gasteiger partial charge in [0.25, 0.3) is 11.8 Å². The van der Waals surface area contributed by atoms with Crippen LogP contribution < -0.4 is 31.1 Å². The van der Waals surface area contributed by atoms with E-state index in [1.165, 1.54) is 61.3 Å². The van der Waals surface area contributed by atoms with Gasteiger partial charge in [0.1, 0.15) is 23.0 Å². The van der Waals surface area contributed by atoms with Gasteiger partial charge in [0.15, 0.2) is 16.7 Å². The highest BCUT2D eigenvalue weighted by Crippen LogP contribution is 2.38. The molecule has 0 spiro atoms. The molecule has 2 amide bonds. The molecule has 0 fully saturated rings. The summed E-state index contributed by atoms with van der Waals surface area (Å²) in [6.07, 6.45) is 3.76. The average molecular weight is 1180 g/mol. The van der Waals surface area contributed by atoms with Crippen molar-refractivity contribution in [2.45, 2.75) is 58.6 Å². The first-order valence-corrected chi connectivity index (χ1v) is 28.9. The Morgan fingerprint density at radius 3 is 1.59 bits per heavy atom. The molecule has 0 aliphatic carbocycles. The lowest BCUT2D eigenvalue weighted by molar-refractivity contribution is -0.120. The van der Waals surface area contributed by atoms with Crippen LogP contribution in [0.5, 0.6) is 0 Å². The number of benzene rings is 4. The van der Waals surface area contributed by atoms with Crippen LogP contribution in [0.4, 0.5) is 76.4 Å². The maximum Gasteiger partial charge on any atom is 0.313 e. The maximum absolute atomic E-state index is 13.9. The quantitative estimate of drug-likeness (QED) is 0.00887. The summed E-state index contributed by atoms with van der Waals surface area (Å²) in [4.78, 5) is 78.4. The Morgan fingerprint density at radius 2 is 1.14 bits per heavy atom. The molecular weight excluding hydrogens is 1120 g/mol. The highest BCUT2D eigenvalue weighted by Gasteiger charge is 2.25. The first-order chi connectivity index (χ1) is 38.8. The van der Waals surface area contributed by atoms with E-state index in [0.29, 0.717) is 70.4 Å². The molecule has 22 nitrogen and oxygen atoms in total. The molecule has 0 unspecified atom stereocenters. The topological polar surface area (TPSA) is 291 Å². The van der Waals surface area contributed by atoms with Gasteiger partial charge in [-0.3, -0.25) is 23.7 Å². The Balaban J connectivity index is 1.22. The number of thiazole rings is 2. The molecule has 4 aromatic carbocycles. The van der Waals surface area contributed by atoms with Gasteiger partial charge in [0.2, 0.25) is 27.2 Å². The second-order valence-corrected chi connectivity index (χ2v) is 21.6. The Bertz CT molecular complexity index is 3730. The number of carbonyl (C=O) groups is 4. The van der Waals surface area contributed by atoms with E-state index >= 15 is 0 Å². The van der Waals surface area contributed by atoms with Crippen molar-refractivity contribution in [1.82, 2.24) is 24.9 Å². The van der Waals surface area contributed by atoms with Crippen LogP contribution >= 0.6 is 34.4 Å². The number of hydrogen-bond donors (Lipinski definition) is 5. The van der Waals surface area contributed by atoms with Gasteiger partial charge in [0, 0.05) is 55.1 Å². The average Bonchev–Trinajstić information content (AvgIpc) is 4.28. The predicted octanol–water partition coefficient (Wildman–Crippen LogP) is 12.7. The van der Waals surface area contributed by atoms with Crippen molar-refractivity contribution in [2.24, 2.45) is 20.5 Å². The number of azo groups is 2. The predicted molar refractivity (Wildman–Crippen MR) is 313 cm³/mol. The summed E-state index contributed by atoms with van der Waals surface area (Å²) in [5, 5.41) is 28.5. The molecule has 0 aliphatic heterocycles. The summed E-state index contributed by atoms with van der Waals surface area (Å²) in [5.41, 5.74) is 2.56. The molecule has 0 bridgehead atoms. The number of halogens is 2. The number of nitrogens with one attached hydrogen (secondary N) is 4. The van der Waals surface area contributed by atoms with Crippen molar-refractivity contribution in [2.75, 3.05) is 63.0 Å². The molecule has 7 rings (SSSR count). The third kappa shape index (κ3) is 16.3. The van der Waals surface area contributed by atoms with Crippen molar-refractivity contribution in [1.29, 1.82) is 0 Å². The zero-order valence-corrected chi connectivity index (χ0v) is 47.8. The second kappa shape index (κ2) is 27.5. The van der Waals surface area contributed by atoms with Gasteiger partial charge in [-0.1, -0.05) is 53.5 Å². The maximum atomic E-state index is 13.9. The van der Waals surface area contributed by atoms with Gasteiger partial charge in [-0.2, -0.15) is 23.4 Å². The number of aromatic nitrogens is 5. The lowest BCUT2D eigenvalue weighted by Gasteiger charge is -2.22. The Morgan fingerprint density at radius 1 is 0.642 bits per heavy atom. The number of anilines is 8. The minimum Gasteiger partial charge on any atom is -0.372 e. The number of Topliss-reactive ketones (excluding diaryl/α,β-unsaturated/α-hetero) is 2. The van der Waals surface area contributed by atoms with Crippen molar-refractivity contribution in [3.05, 3.63) is 124 Å². The summed E-state index contributed by atoms with van der Waals surface area (Å²) in [5.74, 6) is -3.39. The number of thioether (sulfide) groups is 1. The molecule has 420 valence electrons. The first-order valence-electron chi connectivity index (χ1n) is 24.8. The largest absolute Gasteiger partial charge is 0.372 e. The van der Waals surface area contributed by atoms with Crippen LogP contribution in [0.1, 0.15) is 58.2 Å². The van der Waals surface area contributed by atoms with Crippen LogP contribution in [0.15, 0.2) is 133 Å². The number of rotatable bonds is 25. The number of carbonyl (C=O) groups excluding carboxylic acids is 4. The number of hydrogen-bond acceptors (Lipinski definition) is 22. The molecule has 0 saturated heterocycles. The van der Waals surface area contributed by atoms with E-state index in [-0.39, 0.29) is 49.7 Å². The number of nitrogens with zero attached hydrogens (tertiary/aromatic N) is 11. The van der Waals surface area contributed by atoms with Gasteiger partial charge in [-0.05, 0) is 132 Å². The van der Waals surface area contributed by atoms with Crippen LogP contribution in [-0.2, 0) is 29.3 Å². The van der Waals surface area contributed by atoms with E-state index in [1.54, 1.807) is 18.2 Å². The summed E-state index contributed by atoms with van der Waals surface area (Å²) in [6, 6.07) is 21.0. The zero-order chi connectivity index (χ0) is 58.4. The van der Waals surface area contributed by atoms with Gasteiger partial charge in [-0.25, -0.2) is 18.7 Å². The molecule has 5 N–H and O–H groups in total. The molecular formula is C53H53F2N15O7S4. The molecule has 0 saturated carbocycles. The first kappa shape index (κ1) is 60.1. The summed E-state index contributed by atoms with van der Waals surface area (Å²) in [7, 11) is -5.04. The smallest absolute Gasteiger partial charge is 0.313 e. The Kier molecular flexibility index (Phi) is 20.4. The van der Waals surface area contributed by atoms with E-state index in [4.69, 9.17) is 15.0 Å². The minimum atomic E-state index is -5.04. The number of amides is 2. The van der Waals surface area contributed by atoms with E-state index < -0.39 is 55.7 Å². The summed E-state index contributed by atoms with van der Waals surface area (Å²) >= 11 is 3.04. The van der Waals surface area contributed by atoms with Gasteiger partial charge in [0.05, 0.1) is 32.3 Å². The lowest BCUT2D eigenvalue weighted by atomic mass is 10.1. The molecule has 28 heteroatoms. The summed E-state index contributed by atoms with van der Waals surface area (Å²) in [6.45, 7) is 15.0. The fourth-order valence-electron chi connectivity index (χ4n) is 7.56. The van der Waals surface area contributed by atoms with Gasteiger partial charge >= 0.3 is 10.1 Å². The lowest BCUT2D eigenvalue weighted by Crippen LogP contribution is -2.21. The molecule has 7 aromatic rings. The second-order valence-electron chi connectivity index (χ2n) is 16.9. The van der Waals surface area contributed by atoms with E-state index in [2.05, 4.69) is 61.5 Å². The summed E-state index contributed by atoms with van der Waals surface area (Å²) < 4.78 is 63.1. The normalized spacial score (nSPS) is 12.0. The highest BCUT2D eigenvalue weighted by atomic mass is 32.2. The van der Waals surface area contributed by atoms with Crippen LogP contribution in [-0.4, -0.2) is 93.2 Å². The molecule has 0 radical (unpaired) electrons. The van der Waals surface area contributed by atoms with E-state index in [9.17, 15) is 40.9 Å². The van der Waals surface area contributed by atoms with Crippen LogP contribution in [0.3, 0.4) is 0 Å². The number of ketones is 2. The van der Waals surface area contributed by atoms with Gasteiger partial charge in [-0.15, -0.1) is 20.5 Å². The van der Waals surface area contributed by atoms with E-state index in [1.807, 2.05) is 52.8 Å². The fourth-order valence-corrected chi connectivity index (χ4v) is 10.5. The Labute approximate surface area is 476 Å². The minimum absolute atomic E-state index is 0.0355. The highest BCUT2D eigenvalue weighted by molar-refractivity contribution is 7.99. The van der Waals surface area contributed by atoms with Crippen LogP contribution in [0.25, 0.3) is 12.2 Å². The SMILES string of the molecule is CCSc1nc(Nc2cc(N(CC)CC)ccc2/N=N/c2ncc(/C=C(\C(C)=O)C(=O)Nc3cccc(F)c3)s2)nc(Nc2cc(N(CC)CC)ccc2/N=N/c2nc(S(=O)(=O)O)c(/C=C(/C(C)=O)C(=O)Nc3cccc(F)c3)s2)n1. The van der Waals surface area contributed by atoms with Gasteiger partial charge < -0.3 is 31.1 Å². The third-order valence-electron chi connectivity index (χ3n) is 11.4. The molecule has 81 heavy (non-hydrogen) atoms. The molecule has 0 atom stereocenters. The Hall–Kier alpha value is -8.57. The van der Waals surface area contributed by atoms with Crippen LogP contribution in [0.2, 0.25) is 0 Å². The third-order valence-corrected chi connectivity index (χ3v) is 14.8. The zero-order valence-electron chi connectivity index (χ0n) is 44.6. The van der Waals surface area contributed by atoms with Crippen LogP contribution in [0, 0.1) is 11.6 Å². The van der Waals surface area contributed by atoms with Crippen molar-refractivity contribution < 1.29 is 40.9 Å². The van der Waals surface area contributed by atoms with Crippen molar-refractivity contribution >= 4 is 148 Å². The molecule has 3 heterocycles. The molecule has 3 aromatic heterocycles. The monoisotopic (exact) mass is 1180 g/mol. The van der Waals surface area contributed by atoms with E-state index in [0.717, 1.165) is 53.9 Å². The standard InChI is InChI=1S/C53H53F2N15O7S4/c1-8-69(9-2)36-19-21-41(65-67-51-56-29-38(79-51)27-39(30(6)71)46(73)57-34-17-13-15-32(54)23-34)43(25-36)59-49-62-50(64-52(63-49)78-12-5)60-44-26-37(70(10-3)11-4)20-22-42(44)66-68-53-61-48(81(75,76)77)45(80-53)28-40(31(7)72)47(74)58-35-18-14-16-33(55)24-35/h13-29H,8-12H2,1-7H3,(H,57,73)(H,58,74)(H,75,76,77)(H2,59,60,62,63,64)/b39-27+,40-28-,67-65+,68-66+.